The summed E-state index contributed by atoms with van der Waals surface area (Å²) < 4.78 is 7.15. The van der Waals surface area contributed by atoms with E-state index in [1.165, 1.54) is 11.3 Å². The van der Waals surface area contributed by atoms with Crippen LogP contribution in [0.5, 0.6) is 0 Å². The van der Waals surface area contributed by atoms with Crippen molar-refractivity contribution in [2.24, 2.45) is 0 Å². The van der Waals surface area contributed by atoms with Gasteiger partial charge < -0.3 is 15.4 Å². The number of esters is 1. The third-order valence-corrected chi connectivity index (χ3v) is 5.80. The minimum Gasteiger partial charge on any atom is -0.462 e. The molecule has 26 heavy (non-hydrogen) atoms. The van der Waals surface area contributed by atoms with E-state index >= 15 is 0 Å². The normalized spacial score (nSPS) is 13.2. The molecule has 140 valence electrons. The van der Waals surface area contributed by atoms with Crippen LogP contribution in [0.4, 0.5) is 5.00 Å². The molecule has 6 nitrogen and oxygen atoms in total. The van der Waals surface area contributed by atoms with Gasteiger partial charge in [0.2, 0.25) is 0 Å². The number of thiocarbonyl (C=S) groups is 1. The maximum atomic E-state index is 12.5. The number of ether oxygens (including phenoxy) is 1. The molecule has 0 saturated carbocycles. The van der Waals surface area contributed by atoms with Crippen molar-refractivity contribution in [2.75, 3.05) is 11.9 Å². The fourth-order valence-corrected chi connectivity index (χ4v) is 4.59. The van der Waals surface area contributed by atoms with Gasteiger partial charge in [-0.25, -0.2) is 4.79 Å². The second-order valence-corrected chi connectivity index (χ2v) is 7.66. The number of anilines is 1. The number of rotatable bonds is 6. The maximum Gasteiger partial charge on any atom is 0.341 e. The number of aromatic nitrogens is 2. The van der Waals surface area contributed by atoms with Gasteiger partial charge in [-0.15, -0.1) is 11.3 Å². The molecule has 0 aliphatic heterocycles. The number of hydrogen-bond donors (Lipinski definition) is 2. The molecule has 2 aromatic rings. The monoisotopic (exact) mass is 392 g/mol. The zero-order valence-electron chi connectivity index (χ0n) is 15.1. The van der Waals surface area contributed by atoms with Crippen molar-refractivity contribution < 1.29 is 9.53 Å². The molecule has 1 aliphatic carbocycles. The molecule has 1 aliphatic rings. The highest BCUT2D eigenvalue weighted by Gasteiger charge is 2.26. The van der Waals surface area contributed by atoms with E-state index in [2.05, 4.69) is 15.7 Å². The lowest BCUT2D eigenvalue weighted by molar-refractivity contribution is 0.0526. The summed E-state index contributed by atoms with van der Waals surface area (Å²) in [6.07, 6.45) is 8.04. The zero-order valence-corrected chi connectivity index (χ0v) is 16.8. The Morgan fingerprint density at radius 1 is 1.38 bits per heavy atom. The van der Waals surface area contributed by atoms with Gasteiger partial charge in [-0.3, -0.25) is 4.68 Å². The molecule has 2 aromatic heterocycles. The van der Waals surface area contributed by atoms with Crippen LogP contribution in [0.2, 0.25) is 0 Å². The molecule has 0 fully saturated rings. The van der Waals surface area contributed by atoms with Gasteiger partial charge in [-0.1, -0.05) is 0 Å². The summed E-state index contributed by atoms with van der Waals surface area (Å²) in [5.74, 6) is -0.263. The van der Waals surface area contributed by atoms with Gasteiger partial charge in [0, 0.05) is 29.7 Å². The van der Waals surface area contributed by atoms with E-state index in [0.717, 1.165) is 41.9 Å². The van der Waals surface area contributed by atoms with Crippen LogP contribution in [-0.2, 0) is 30.7 Å². The number of fused-ring (bicyclic) bond motifs is 1. The first kappa shape index (κ1) is 18.8. The molecule has 2 N–H and O–H groups in total. The maximum absolute atomic E-state index is 12.5. The van der Waals surface area contributed by atoms with Crippen LogP contribution in [0, 0.1) is 0 Å². The van der Waals surface area contributed by atoms with Crippen molar-refractivity contribution >= 4 is 39.6 Å². The lowest BCUT2D eigenvalue weighted by Crippen LogP contribution is -2.28. The van der Waals surface area contributed by atoms with E-state index in [-0.39, 0.29) is 5.97 Å². The Kier molecular flexibility index (Phi) is 6.26. The highest BCUT2D eigenvalue weighted by Crippen LogP contribution is 2.38. The van der Waals surface area contributed by atoms with E-state index < -0.39 is 0 Å². The summed E-state index contributed by atoms with van der Waals surface area (Å²) in [6, 6.07) is 0. The SMILES string of the molecule is CCOC(=O)c1c(NC(=S)NCc2cnn(CC)c2)sc2c1CCCC2. The van der Waals surface area contributed by atoms with Crippen molar-refractivity contribution in [1.29, 1.82) is 0 Å². The largest absolute Gasteiger partial charge is 0.462 e. The molecule has 8 heteroatoms. The highest BCUT2D eigenvalue weighted by molar-refractivity contribution is 7.80. The summed E-state index contributed by atoms with van der Waals surface area (Å²) >= 11 is 7.04. The molecular formula is C18H24N4O2S2. The fraction of sp³-hybridized carbons (Fsp3) is 0.500. The molecular weight excluding hydrogens is 368 g/mol. The molecule has 0 radical (unpaired) electrons. The third-order valence-electron chi connectivity index (χ3n) is 4.34. The van der Waals surface area contributed by atoms with Crippen molar-refractivity contribution in [1.82, 2.24) is 15.1 Å². The minimum absolute atomic E-state index is 0.263. The van der Waals surface area contributed by atoms with Gasteiger partial charge in [0.25, 0.3) is 0 Å². The molecule has 0 amide bonds. The van der Waals surface area contributed by atoms with Crippen LogP contribution in [0.25, 0.3) is 0 Å². The van der Waals surface area contributed by atoms with E-state index in [4.69, 9.17) is 17.0 Å². The van der Waals surface area contributed by atoms with Gasteiger partial charge in [-0.2, -0.15) is 5.10 Å². The van der Waals surface area contributed by atoms with Crippen LogP contribution in [-0.4, -0.2) is 27.5 Å². The summed E-state index contributed by atoms with van der Waals surface area (Å²) in [5, 5.41) is 11.9. The standard InChI is InChI=1S/C18H24N4O2S2/c1-3-22-11-12(10-20-22)9-19-18(25)21-16-15(17(23)24-4-2)13-7-5-6-8-14(13)26-16/h10-11H,3-9H2,1-2H3,(H2,19,21,25). The van der Waals surface area contributed by atoms with Gasteiger partial charge in [0.1, 0.15) is 5.00 Å². The number of carbonyl (C=O) groups excluding carboxylic acids is 1. The van der Waals surface area contributed by atoms with Crippen molar-refractivity contribution in [3.63, 3.8) is 0 Å². The minimum atomic E-state index is -0.263. The smallest absolute Gasteiger partial charge is 0.341 e. The summed E-state index contributed by atoms with van der Waals surface area (Å²) in [4.78, 5) is 13.7. The molecule has 2 heterocycles. The van der Waals surface area contributed by atoms with E-state index in [9.17, 15) is 4.79 Å². The van der Waals surface area contributed by atoms with E-state index in [0.29, 0.717) is 23.8 Å². The van der Waals surface area contributed by atoms with Crippen LogP contribution in [0.1, 0.15) is 53.1 Å². The summed E-state index contributed by atoms with van der Waals surface area (Å²) in [5.41, 5.74) is 2.86. The van der Waals surface area contributed by atoms with Crippen molar-refractivity contribution in [3.05, 3.63) is 34.0 Å². The third kappa shape index (κ3) is 4.24. The summed E-state index contributed by atoms with van der Waals surface area (Å²) in [7, 11) is 0. The zero-order chi connectivity index (χ0) is 18.5. The molecule has 0 bridgehead atoms. The lowest BCUT2D eigenvalue weighted by Gasteiger charge is -2.13. The Morgan fingerprint density at radius 2 is 2.19 bits per heavy atom. The van der Waals surface area contributed by atoms with Gasteiger partial charge in [0.15, 0.2) is 5.11 Å². The summed E-state index contributed by atoms with van der Waals surface area (Å²) in [6.45, 7) is 5.67. The first-order valence-electron chi connectivity index (χ1n) is 9.00. The van der Waals surface area contributed by atoms with Gasteiger partial charge >= 0.3 is 5.97 Å². The Morgan fingerprint density at radius 3 is 2.92 bits per heavy atom. The second kappa shape index (κ2) is 8.64. The molecule has 0 atom stereocenters. The predicted octanol–water partition coefficient (Wildman–Crippen LogP) is 3.51. The number of nitrogens with zero attached hydrogens (tertiary/aromatic N) is 2. The number of aryl methyl sites for hydroxylation is 2. The molecule has 3 rings (SSSR count). The van der Waals surface area contributed by atoms with E-state index in [1.807, 2.05) is 30.9 Å². The molecule has 0 spiro atoms. The predicted molar refractivity (Wildman–Crippen MR) is 108 cm³/mol. The highest BCUT2D eigenvalue weighted by atomic mass is 32.1. The quantitative estimate of drug-likeness (QED) is 0.579. The van der Waals surface area contributed by atoms with Crippen LogP contribution >= 0.6 is 23.6 Å². The first-order chi connectivity index (χ1) is 12.6. The number of nitrogens with one attached hydrogen (secondary N) is 2. The average molecular weight is 393 g/mol. The number of hydrogen-bond acceptors (Lipinski definition) is 5. The lowest BCUT2D eigenvalue weighted by atomic mass is 9.95. The van der Waals surface area contributed by atoms with Gasteiger partial charge in [0.05, 0.1) is 18.4 Å². The van der Waals surface area contributed by atoms with Crippen molar-refractivity contribution in [3.8, 4) is 0 Å². The molecule has 0 unspecified atom stereocenters. The van der Waals surface area contributed by atoms with Crippen molar-refractivity contribution in [2.45, 2.75) is 52.6 Å². The average Bonchev–Trinajstić information content (AvgIpc) is 3.24. The molecule has 0 aromatic carbocycles. The fourth-order valence-electron chi connectivity index (χ4n) is 3.07. The molecule has 0 saturated heterocycles. The Balaban J connectivity index is 1.70. The first-order valence-corrected chi connectivity index (χ1v) is 10.2. The topological polar surface area (TPSA) is 68.2 Å². The van der Waals surface area contributed by atoms with Gasteiger partial charge in [-0.05, 0) is 57.3 Å². The number of thiophene rings is 1. The Hall–Kier alpha value is -1.93. The van der Waals surface area contributed by atoms with E-state index in [1.54, 1.807) is 11.3 Å². The van der Waals surface area contributed by atoms with Crippen LogP contribution < -0.4 is 10.6 Å². The Bertz CT molecular complexity index is 797. The van der Waals surface area contributed by atoms with Crippen LogP contribution in [0.15, 0.2) is 12.4 Å². The van der Waals surface area contributed by atoms with Crippen LogP contribution in [0.3, 0.4) is 0 Å². The Labute approximate surface area is 162 Å². The second-order valence-electron chi connectivity index (χ2n) is 6.15. The number of carbonyl (C=O) groups is 1.